The van der Waals surface area contributed by atoms with Crippen LogP contribution in [0.5, 0.6) is 0 Å². The predicted octanol–water partition coefficient (Wildman–Crippen LogP) is 3.17. The Morgan fingerprint density at radius 3 is 2.90 bits per heavy atom. The molecule has 0 aromatic heterocycles. The van der Waals surface area contributed by atoms with Gasteiger partial charge in [0.25, 0.3) is 0 Å². The molecule has 1 aliphatic carbocycles. The molecule has 1 aromatic carbocycles. The van der Waals surface area contributed by atoms with Crippen LogP contribution in [0.2, 0.25) is 5.02 Å². The summed E-state index contributed by atoms with van der Waals surface area (Å²) in [7, 11) is 0. The fourth-order valence-electron chi connectivity index (χ4n) is 3.47. The zero-order valence-corrected chi connectivity index (χ0v) is 11.7. The molecule has 1 aromatic rings. The lowest BCUT2D eigenvalue weighted by Gasteiger charge is -2.27. The Hall–Kier alpha value is -1.73. The van der Waals surface area contributed by atoms with E-state index in [1.165, 1.54) is 0 Å². The molecule has 4 nitrogen and oxygen atoms in total. The maximum atomic E-state index is 11.0. The molecule has 1 saturated heterocycles. The summed E-state index contributed by atoms with van der Waals surface area (Å²) >= 11 is 6.04. The largest absolute Gasteiger partial charge is 0.478 e. The molecule has 0 amide bonds. The molecule has 2 fully saturated rings. The van der Waals surface area contributed by atoms with Crippen LogP contribution in [0.15, 0.2) is 18.2 Å². The normalized spacial score (nSPS) is 28.2. The van der Waals surface area contributed by atoms with Crippen molar-refractivity contribution in [3.8, 4) is 6.07 Å². The number of aromatic carboxylic acids is 1. The minimum atomic E-state index is -1.01. The van der Waals surface area contributed by atoms with Crippen molar-refractivity contribution in [1.82, 2.24) is 0 Å². The smallest absolute Gasteiger partial charge is 0.337 e. The van der Waals surface area contributed by atoms with Gasteiger partial charge >= 0.3 is 5.97 Å². The Morgan fingerprint density at radius 1 is 1.45 bits per heavy atom. The highest BCUT2D eigenvalue weighted by Gasteiger charge is 2.40. The lowest BCUT2D eigenvalue weighted by molar-refractivity contribution is 0.0697. The second-order valence-corrected chi connectivity index (χ2v) is 5.99. The van der Waals surface area contributed by atoms with Crippen LogP contribution < -0.4 is 4.90 Å². The molecule has 1 saturated carbocycles. The summed E-state index contributed by atoms with van der Waals surface area (Å²) in [6.07, 6.45) is 3.03. The molecule has 1 N–H and O–H groups in total. The maximum Gasteiger partial charge on any atom is 0.337 e. The molecule has 0 radical (unpaired) electrons. The van der Waals surface area contributed by atoms with Crippen LogP contribution in [-0.4, -0.2) is 23.7 Å². The molecule has 1 aliphatic heterocycles. The first-order chi connectivity index (χ1) is 9.60. The van der Waals surface area contributed by atoms with Crippen molar-refractivity contribution in [2.45, 2.75) is 25.3 Å². The number of nitrogens with zero attached hydrogens (tertiary/aromatic N) is 2. The SMILES string of the molecule is N#CC1CCC2CC1CN2c1ccc(C(=O)O)c(Cl)c1. The third kappa shape index (κ3) is 2.12. The number of carboxylic acid groups (broad SMARTS) is 1. The highest BCUT2D eigenvalue weighted by molar-refractivity contribution is 6.33. The van der Waals surface area contributed by atoms with Gasteiger partial charge in [-0.2, -0.15) is 5.26 Å². The summed E-state index contributed by atoms with van der Waals surface area (Å²) < 4.78 is 0. The minimum Gasteiger partial charge on any atom is -0.478 e. The number of carboxylic acids is 1. The first-order valence-electron chi connectivity index (χ1n) is 6.79. The van der Waals surface area contributed by atoms with Crippen molar-refractivity contribution in [3.63, 3.8) is 0 Å². The molecule has 0 spiro atoms. The van der Waals surface area contributed by atoms with Crippen LogP contribution in [-0.2, 0) is 0 Å². The first-order valence-corrected chi connectivity index (χ1v) is 7.17. The Balaban J connectivity index is 1.86. The van der Waals surface area contributed by atoms with Crippen LogP contribution >= 0.6 is 11.6 Å². The molecule has 1 heterocycles. The Kier molecular flexibility index (Phi) is 3.31. The number of nitriles is 1. The number of fused-ring (bicyclic) bond motifs is 2. The second-order valence-electron chi connectivity index (χ2n) is 5.58. The number of hydrogen-bond donors (Lipinski definition) is 1. The van der Waals surface area contributed by atoms with Gasteiger partial charge in [0.2, 0.25) is 0 Å². The van der Waals surface area contributed by atoms with Gasteiger partial charge in [-0.25, -0.2) is 4.79 Å². The third-order valence-electron chi connectivity index (χ3n) is 4.51. The van der Waals surface area contributed by atoms with E-state index in [-0.39, 0.29) is 16.5 Å². The fraction of sp³-hybridized carbons (Fsp3) is 0.467. The van der Waals surface area contributed by atoms with E-state index in [2.05, 4.69) is 11.0 Å². The fourth-order valence-corrected chi connectivity index (χ4v) is 3.72. The molecule has 5 heteroatoms. The van der Waals surface area contributed by atoms with E-state index in [9.17, 15) is 4.79 Å². The monoisotopic (exact) mass is 290 g/mol. The van der Waals surface area contributed by atoms with E-state index in [0.29, 0.717) is 12.0 Å². The van der Waals surface area contributed by atoms with Crippen LogP contribution in [0, 0.1) is 23.2 Å². The molecule has 2 aliphatic rings. The number of rotatable bonds is 2. The van der Waals surface area contributed by atoms with E-state index < -0.39 is 5.97 Å². The van der Waals surface area contributed by atoms with E-state index in [1.54, 1.807) is 12.1 Å². The lowest BCUT2D eigenvalue weighted by atomic mass is 9.81. The van der Waals surface area contributed by atoms with Crippen molar-refractivity contribution in [1.29, 1.82) is 5.26 Å². The molecular weight excluding hydrogens is 276 g/mol. The van der Waals surface area contributed by atoms with Gasteiger partial charge in [0.15, 0.2) is 0 Å². The van der Waals surface area contributed by atoms with Gasteiger partial charge in [-0.3, -0.25) is 0 Å². The lowest BCUT2D eigenvalue weighted by Crippen LogP contribution is -2.28. The van der Waals surface area contributed by atoms with Gasteiger partial charge in [0.1, 0.15) is 0 Å². The molecule has 3 unspecified atom stereocenters. The molecular formula is C15H15ClN2O2. The highest BCUT2D eigenvalue weighted by atomic mass is 35.5. The van der Waals surface area contributed by atoms with Crippen molar-refractivity contribution >= 4 is 23.3 Å². The number of benzene rings is 1. The van der Waals surface area contributed by atoms with Gasteiger partial charge in [0, 0.05) is 18.3 Å². The number of carbonyl (C=O) groups is 1. The van der Waals surface area contributed by atoms with Gasteiger partial charge in [-0.05, 0) is 43.4 Å². The van der Waals surface area contributed by atoms with E-state index in [4.69, 9.17) is 22.0 Å². The van der Waals surface area contributed by atoms with Crippen LogP contribution in [0.1, 0.15) is 29.6 Å². The van der Waals surface area contributed by atoms with E-state index >= 15 is 0 Å². The van der Waals surface area contributed by atoms with Crippen molar-refractivity contribution in [3.05, 3.63) is 28.8 Å². The molecule has 20 heavy (non-hydrogen) atoms. The summed E-state index contributed by atoms with van der Waals surface area (Å²) in [6.45, 7) is 0.867. The molecule has 104 valence electrons. The van der Waals surface area contributed by atoms with Crippen molar-refractivity contribution < 1.29 is 9.90 Å². The van der Waals surface area contributed by atoms with E-state index in [0.717, 1.165) is 31.5 Å². The zero-order valence-electron chi connectivity index (χ0n) is 10.9. The first kappa shape index (κ1) is 13.3. The molecule has 3 atom stereocenters. The highest BCUT2D eigenvalue weighted by Crippen LogP contribution is 2.42. The minimum absolute atomic E-state index is 0.132. The van der Waals surface area contributed by atoms with Crippen LogP contribution in [0.3, 0.4) is 0 Å². The van der Waals surface area contributed by atoms with Crippen LogP contribution in [0.4, 0.5) is 5.69 Å². The zero-order chi connectivity index (χ0) is 14.3. The summed E-state index contributed by atoms with van der Waals surface area (Å²) in [5.74, 6) is -0.423. The van der Waals surface area contributed by atoms with Crippen molar-refractivity contribution in [2.75, 3.05) is 11.4 Å². The Bertz CT molecular complexity index is 596. The van der Waals surface area contributed by atoms with Gasteiger partial charge in [-0.15, -0.1) is 0 Å². The van der Waals surface area contributed by atoms with Gasteiger partial charge in [-0.1, -0.05) is 11.6 Å². The van der Waals surface area contributed by atoms with Gasteiger partial charge < -0.3 is 10.0 Å². The average molecular weight is 291 g/mol. The maximum absolute atomic E-state index is 11.0. The second kappa shape index (κ2) is 4.99. The molecule has 2 bridgehead atoms. The van der Waals surface area contributed by atoms with Crippen molar-refractivity contribution in [2.24, 2.45) is 11.8 Å². The Labute approximate surface area is 122 Å². The summed E-state index contributed by atoms with van der Waals surface area (Å²) in [6, 6.07) is 7.97. The molecule has 3 rings (SSSR count). The summed E-state index contributed by atoms with van der Waals surface area (Å²) in [5, 5.41) is 18.4. The van der Waals surface area contributed by atoms with E-state index in [1.807, 2.05) is 6.07 Å². The Morgan fingerprint density at radius 2 is 2.25 bits per heavy atom. The van der Waals surface area contributed by atoms with Crippen LogP contribution in [0.25, 0.3) is 0 Å². The summed E-state index contributed by atoms with van der Waals surface area (Å²) in [4.78, 5) is 13.3. The topological polar surface area (TPSA) is 64.3 Å². The standard InChI is InChI=1S/C15H15ClN2O2/c16-14-6-12(3-4-13(14)15(19)20)18-8-10-5-11(18)2-1-9(10)7-17/h3-4,6,9-11H,1-2,5,8H2,(H,19,20). The van der Waals surface area contributed by atoms with Gasteiger partial charge in [0.05, 0.1) is 22.6 Å². The number of halogens is 1. The summed E-state index contributed by atoms with van der Waals surface area (Å²) in [5.41, 5.74) is 1.10. The predicted molar refractivity (Wildman–Crippen MR) is 76.0 cm³/mol. The number of hydrogen-bond acceptors (Lipinski definition) is 3. The average Bonchev–Trinajstić information content (AvgIpc) is 2.76. The third-order valence-corrected chi connectivity index (χ3v) is 4.82. The quantitative estimate of drug-likeness (QED) is 0.908. The number of anilines is 1.